The summed E-state index contributed by atoms with van der Waals surface area (Å²) >= 11 is 0. The van der Waals surface area contributed by atoms with Crippen LogP contribution >= 0.6 is 0 Å². The van der Waals surface area contributed by atoms with Crippen LogP contribution in [0.15, 0.2) is 97.3 Å². The highest BCUT2D eigenvalue weighted by Crippen LogP contribution is 2.33. The van der Waals surface area contributed by atoms with Crippen molar-refractivity contribution in [1.29, 1.82) is 0 Å². The van der Waals surface area contributed by atoms with Gasteiger partial charge in [-0.05, 0) is 59.4 Å². The number of nitrogens with one attached hydrogen (secondary N) is 1. The molecule has 4 nitrogen and oxygen atoms in total. The van der Waals surface area contributed by atoms with Gasteiger partial charge in [0.25, 0.3) is 0 Å². The van der Waals surface area contributed by atoms with E-state index < -0.39 is 0 Å². The summed E-state index contributed by atoms with van der Waals surface area (Å²) in [5.74, 6) is 0.295. The van der Waals surface area contributed by atoms with E-state index in [4.69, 9.17) is 4.98 Å². The second-order valence-corrected chi connectivity index (χ2v) is 9.34. The first-order chi connectivity index (χ1) is 17.6. The number of Topliss-reactive ketones (excluding diaryl/α,β-unsaturated/α-hetero) is 1. The summed E-state index contributed by atoms with van der Waals surface area (Å²) in [5, 5.41) is 10.8. The predicted molar refractivity (Wildman–Crippen MR) is 145 cm³/mol. The van der Waals surface area contributed by atoms with E-state index in [1.165, 1.54) is 11.1 Å². The molecule has 0 unspecified atom stereocenters. The van der Waals surface area contributed by atoms with Crippen LogP contribution < -0.4 is 0 Å². The van der Waals surface area contributed by atoms with Crippen LogP contribution in [0.25, 0.3) is 22.0 Å². The summed E-state index contributed by atoms with van der Waals surface area (Å²) < 4.78 is 0. The fraction of sp³-hybridized carbons (Fsp3) is 0.188. The van der Waals surface area contributed by atoms with E-state index in [0.717, 1.165) is 46.1 Å². The number of phenolic OH excluding ortho intramolecular Hbond substituents is 1. The van der Waals surface area contributed by atoms with Gasteiger partial charge in [0.1, 0.15) is 11.5 Å². The summed E-state index contributed by atoms with van der Waals surface area (Å²) in [5.41, 5.74) is 7.45. The second-order valence-electron chi connectivity index (χ2n) is 9.34. The average molecular weight is 475 g/mol. The Labute approximate surface area is 211 Å². The quantitative estimate of drug-likeness (QED) is 0.241. The Morgan fingerprint density at radius 3 is 2.53 bits per heavy atom. The van der Waals surface area contributed by atoms with Crippen LogP contribution in [0, 0.1) is 0 Å². The summed E-state index contributed by atoms with van der Waals surface area (Å²) in [4.78, 5) is 21.5. The lowest BCUT2D eigenvalue weighted by Crippen LogP contribution is -2.14. The maximum Gasteiger partial charge on any atom is 0.138 e. The summed E-state index contributed by atoms with van der Waals surface area (Å²) in [6, 6.07) is 28.2. The van der Waals surface area contributed by atoms with Crippen molar-refractivity contribution >= 4 is 16.7 Å². The van der Waals surface area contributed by atoms with E-state index >= 15 is 0 Å². The van der Waals surface area contributed by atoms with E-state index in [1.54, 1.807) is 12.1 Å². The van der Waals surface area contributed by atoms with Crippen molar-refractivity contribution in [3.63, 3.8) is 0 Å². The smallest absolute Gasteiger partial charge is 0.138 e. The highest BCUT2D eigenvalue weighted by atomic mass is 16.3. The highest BCUT2D eigenvalue weighted by molar-refractivity contribution is 5.90. The molecule has 4 heteroatoms. The predicted octanol–water partition coefficient (Wildman–Crippen LogP) is 7.03. The number of aromatic nitrogens is 2. The molecule has 0 aliphatic heterocycles. The van der Waals surface area contributed by atoms with Crippen LogP contribution in [0.1, 0.15) is 41.6 Å². The van der Waals surface area contributed by atoms with Crippen LogP contribution in [0.4, 0.5) is 0 Å². The molecule has 1 atom stereocenters. The zero-order valence-corrected chi connectivity index (χ0v) is 20.4. The number of aromatic amines is 1. The lowest BCUT2D eigenvalue weighted by Gasteiger charge is -2.20. The van der Waals surface area contributed by atoms with E-state index in [2.05, 4.69) is 54.4 Å². The van der Waals surface area contributed by atoms with Gasteiger partial charge in [-0.1, -0.05) is 67.6 Å². The number of hydrogen-bond acceptors (Lipinski definition) is 3. The normalized spacial score (nSPS) is 12.0. The van der Waals surface area contributed by atoms with Gasteiger partial charge >= 0.3 is 0 Å². The minimum absolute atomic E-state index is 0.0550. The molecule has 5 aromatic rings. The molecular formula is C32H30N2O2. The Kier molecular flexibility index (Phi) is 6.94. The number of aryl methyl sites for hydroxylation is 1. The molecule has 180 valence electrons. The number of aromatic hydroxyl groups is 1. The molecule has 3 aromatic carbocycles. The summed E-state index contributed by atoms with van der Waals surface area (Å²) in [7, 11) is 0. The second kappa shape index (κ2) is 10.6. The van der Waals surface area contributed by atoms with Crippen LogP contribution in [0.2, 0.25) is 0 Å². The number of ketones is 1. The van der Waals surface area contributed by atoms with Crippen LogP contribution in [-0.2, 0) is 24.1 Å². The molecule has 0 fully saturated rings. The molecule has 0 aliphatic carbocycles. The van der Waals surface area contributed by atoms with Crippen molar-refractivity contribution < 1.29 is 9.90 Å². The Morgan fingerprint density at radius 2 is 1.75 bits per heavy atom. The minimum atomic E-state index is -0.0550. The number of hydrogen-bond donors (Lipinski definition) is 2. The molecule has 36 heavy (non-hydrogen) atoms. The highest BCUT2D eigenvalue weighted by Gasteiger charge is 2.22. The number of carbonyl (C=O) groups is 1. The number of benzene rings is 3. The molecule has 0 aliphatic rings. The van der Waals surface area contributed by atoms with Gasteiger partial charge in [0.15, 0.2) is 0 Å². The lowest BCUT2D eigenvalue weighted by atomic mass is 9.86. The number of nitrogens with zero attached hydrogens (tertiary/aromatic N) is 1. The van der Waals surface area contributed by atoms with Gasteiger partial charge < -0.3 is 10.1 Å². The number of phenols is 1. The molecule has 2 N–H and O–H groups in total. The third-order valence-electron chi connectivity index (χ3n) is 6.84. The van der Waals surface area contributed by atoms with Crippen molar-refractivity contribution in [1.82, 2.24) is 9.97 Å². The number of rotatable bonds is 9. The zero-order valence-electron chi connectivity index (χ0n) is 20.4. The van der Waals surface area contributed by atoms with Crippen LogP contribution in [-0.4, -0.2) is 20.9 Å². The molecule has 0 bridgehead atoms. The molecule has 0 saturated carbocycles. The molecule has 2 heterocycles. The minimum Gasteiger partial charge on any atom is -0.508 e. The molecule has 0 amide bonds. The maximum absolute atomic E-state index is 13.4. The number of pyridine rings is 1. The molecule has 2 aromatic heterocycles. The van der Waals surface area contributed by atoms with Gasteiger partial charge in [-0.3, -0.25) is 9.78 Å². The molecule has 0 saturated heterocycles. The number of carbonyl (C=O) groups excluding carboxylic acids is 1. The summed E-state index contributed by atoms with van der Waals surface area (Å²) in [6.45, 7) is 2.15. The first kappa shape index (κ1) is 23.6. The Balaban J connectivity index is 1.46. The van der Waals surface area contributed by atoms with Crippen molar-refractivity contribution in [2.24, 2.45) is 0 Å². The molecule has 0 radical (unpaired) electrons. The largest absolute Gasteiger partial charge is 0.508 e. The monoisotopic (exact) mass is 474 g/mol. The lowest BCUT2D eigenvalue weighted by molar-refractivity contribution is -0.118. The Morgan fingerprint density at radius 1 is 0.944 bits per heavy atom. The van der Waals surface area contributed by atoms with Crippen LogP contribution in [0.5, 0.6) is 5.75 Å². The van der Waals surface area contributed by atoms with Gasteiger partial charge in [0.2, 0.25) is 0 Å². The first-order valence-electron chi connectivity index (χ1n) is 12.5. The molecule has 0 spiro atoms. The third kappa shape index (κ3) is 5.23. The number of H-pyrrole nitrogens is 1. The van der Waals surface area contributed by atoms with Crippen molar-refractivity contribution in [3.05, 3.63) is 120 Å². The molecule has 5 rings (SSSR count). The third-order valence-corrected chi connectivity index (χ3v) is 6.84. The van der Waals surface area contributed by atoms with Crippen molar-refractivity contribution in [2.75, 3.05) is 0 Å². The van der Waals surface area contributed by atoms with Crippen molar-refractivity contribution in [2.45, 2.75) is 38.5 Å². The van der Waals surface area contributed by atoms with E-state index in [9.17, 15) is 9.90 Å². The standard InChI is InChI=1S/C32H30N2O2/c1-2-22-10-12-24(13-11-22)29-9-6-16-33-32(29)25(17-23-7-4-3-5-8-23)18-28(36)19-26-21-34-31-15-14-27(35)20-30(26)31/h3-16,20-21,25,34-35H,2,17-19H2,1H3/t25-/m0/s1. The van der Waals surface area contributed by atoms with Gasteiger partial charge in [-0.2, -0.15) is 0 Å². The van der Waals surface area contributed by atoms with Gasteiger partial charge in [-0.25, -0.2) is 0 Å². The van der Waals surface area contributed by atoms with Gasteiger partial charge in [-0.15, -0.1) is 0 Å². The SMILES string of the molecule is CCc1ccc(-c2cccnc2[C@H](CC(=O)Cc2c[nH]c3ccc(O)cc23)Cc2ccccc2)cc1. The average Bonchev–Trinajstić information content (AvgIpc) is 3.30. The zero-order chi connectivity index (χ0) is 24.9. The fourth-order valence-electron chi connectivity index (χ4n) is 4.94. The fourth-order valence-corrected chi connectivity index (χ4v) is 4.94. The van der Waals surface area contributed by atoms with Gasteiger partial charge in [0, 0.05) is 47.6 Å². The Bertz CT molecular complexity index is 1470. The Hall–Kier alpha value is -4.18. The van der Waals surface area contributed by atoms with E-state index in [0.29, 0.717) is 12.8 Å². The molecular weight excluding hydrogens is 444 g/mol. The van der Waals surface area contributed by atoms with Gasteiger partial charge in [0.05, 0.1) is 5.69 Å². The number of fused-ring (bicyclic) bond motifs is 1. The summed E-state index contributed by atoms with van der Waals surface area (Å²) in [6.07, 6.45) is 6.12. The maximum atomic E-state index is 13.4. The first-order valence-corrected chi connectivity index (χ1v) is 12.5. The van der Waals surface area contributed by atoms with E-state index in [-0.39, 0.29) is 17.5 Å². The van der Waals surface area contributed by atoms with Crippen LogP contribution in [0.3, 0.4) is 0 Å². The van der Waals surface area contributed by atoms with E-state index in [1.807, 2.05) is 42.7 Å². The van der Waals surface area contributed by atoms with Crippen molar-refractivity contribution in [3.8, 4) is 16.9 Å². The topological polar surface area (TPSA) is 66.0 Å².